The summed E-state index contributed by atoms with van der Waals surface area (Å²) in [6, 6.07) is 0.794. The minimum absolute atomic E-state index is 0.124. The number of hydrogen-bond acceptors (Lipinski definition) is 1. The van der Waals surface area contributed by atoms with Gasteiger partial charge in [0.2, 0.25) is 0 Å². The fourth-order valence-electron chi connectivity index (χ4n) is 1.64. The highest BCUT2D eigenvalue weighted by Gasteiger charge is 2.40. The maximum Gasteiger partial charge on any atom is 0.422 e. The first-order valence-corrected chi connectivity index (χ1v) is 4.63. The molecule has 0 atom stereocenters. The molecule has 1 aromatic carbocycles. The molecule has 2 nitrogen and oxygen atoms in total. The van der Waals surface area contributed by atoms with Gasteiger partial charge in [-0.1, -0.05) is 0 Å². The van der Waals surface area contributed by atoms with Crippen LogP contribution in [0.5, 0.6) is 0 Å². The second-order valence-corrected chi connectivity index (χ2v) is 3.56. The molecule has 0 aliphatic heterocycles. The number of H-pyrrole nitrogens is 1. The molecule has 18 heavy (non-hydrogen) atoms. The lowest BCUT2D eigenvalue weighted by molar-refractivity contribution is -0.142. The molecule has 1 aromatic heterocycles. The van der Waals surface area contributed by atoms with Crippen molar-refractivity contribution in [3.8, 4) is 0 Å². The number of aromatic nitrogens is 1. The zero-order chi connectivity index (χ0) is 13.7. The number of nitrogens with one attached hydrogen (secondary N) is 1. The molecule has 0 aliphatic carbocycles. The zero-order valence-corrected chi connectivity index (χ0v) is 8.50. The van der Waals surface area contributed by atoms with Crippen LogP contribution in [0.3, 0.4) is 0 Å². The summed E-state index contributed by atoms with van der Waals surface area (Å²) in [5.74, 6) is -6.05. The van der Waals surface area contributed by atoms with E-state index < -0.39 is 46.7 Å². The molecule has 0 unspecified atom stereocenters. The Morgan fingerprint density at radius 1 is 1.06 bits per heavy atom. The highest BCUT2D eigenvalue weighted by Crippen LogP contribution is 2.38. The third-order valence-electron chi connectivity index (χ3n) is 2.41. The van der Waals surface area contributed by atoms with Crippen LogP contribution in [0.25, 0.3) is 10.9 Å². The van der Waals surface area contributed by atoms with Crippen molar-refractivity contribution >= 4 is 10.9 Å². The average molecular weight is 269 g/mol. The molecule has 0 fully saturated rings. The van der Waals surface area contributed by atoms with Crippen molar-refractivity contribution in [2.45, 2.75) is 12.8 Å². The van der Waals surface area contributed by atoms with Crippen LogP contribution in [0.1, 0.15) is 11.3 Å². The van der Waals surface area contributed by atoms with Crippen LogP contribution in [0.2, 0.25) is 0 Å². The van der Waals surface area contributed by atoms with Gasteiger partial charge in [0.05, 0.1) is 12.1 Å². The Morgan fingerprint density at radius 2 is 1.67 bits per heavy atom. The molecule has 1 heterocycles. The number of halogens is 6. The molecular formula is C10H5F6NO. The van der Waals surface area contributed by atoms with Gasteiger partial charge >= 0.3 is 6.18 Å². The summed E-state index contributed by atoms with van der Waals surface area (Å²) in [5.41, 5.74) is -3.15. The fraction of sp³-hybridized carbons (Fsp3) is 0.200. The molecule has 0 bridgehead atoms. The maximum absolute atomic E-state index is 13.5. The van der Waals surface area contributed by atoms with Gasteiger partial charge in [-0.15, -0.1) is 0 Å². The van der Waals surface area contributed by atoms with E-state index >= 15 is 0 Å². The minimum atomic E-state index is -5.35. The number of aliphatic hydroxyl groups is 1. The van der Waals surface area contributed by atoms with Gasteiger partial charge in [0, 0.05) is 11.1 Å². The minimum Gasteiger partial charge on any atom is -0.390 e. The molecule has 8 heteroatoms. The monoisotopic (exact) mass is 269 g/mol. The Kier molecular flexibility index (Phi) is 2.77. The highest BCUT2D eigenvalue weighted by atomic mass is 19.4. The van der Waals surface area contributed by atoms with E-state index in [2.05, 4.69) is 4.98 Å². The van der Waals surface area contributed by atoms with E-state index in [1.54, 1.807) is 0 Å². The molecule has 0 saturated heterocycles. The van der Waals surface area contributed by atoms with Crippen molar-refractivity contribution in [2.24, 2.45) is 0 Å². The Morgan fingerprint density at radius 3 is 2.17 bits per heavy atom. The Balaban J connectivity index is 2.90. The van der Waals surface area contributed by atoms with Gasteiger partial charge in [-0.2, -0.15) is 13.2 Å². The normalized spacial score (nSPS) is 12.4. The summed E-state index contributed by atoms with van der Waals surface area (Å²) in [6.07, 6.45) is -5.35. The average Bonchev–Trinajstić information content (AvgIpc) is 2.68. The number of rotatable bonds is 1. The van der Waals surface area contributed by atoms with E-state index in [1.807, 2.05) is 0 Å². The van der Waals surface area contributed by atoms with Crippen LogP contribution >= 0.6 is 0 Å². The summed E-state index contributed by atoms with van der Waals surface area (Å²) < 4.78 is 77.3. The molecule has 0 saturated carbocycles. The van der Waals surface area contributed by atoms with Crippen LogP contribution in [-0.4, -0.2) is 10.1 Å². The molecule has 98 valence electrons. The summed E-state index contributed by atoms with van der Waals surface area (Å²) >= 11 is 0. The second-order valence-electron chi connectivity index (χ2n) is 3.56. The van der Waals surface area contributed by atoms with Crippen molar-refractivity contribution < 1.29 is 31.4 Å². The van der Waals surface area contributed by atoms with E-state index in [4.69, 9.17) is 5.11 Å². The fourth-order valence-corrected chi connectivity index (χ4v) is 1.64. The lowest BCUT2D eigenvalue weighted by Gasteiger charge is -2.10. The molecule has 0 spiro atoms. The van der Waals surface area contributed by atoms with Gasteiger partial charge < -0.3 is 10.1 Å². The van der Waals surface area contributed by atoms with E-state index in [9.17, 15) is 26.3 Å². The second kappa shape index (κ2) is 3.91. The van der Waals surface area contributed by atoms with Crippen LogP contribution in [0.4, 0.5) is 26.3 Å². The van der Waals surface area contributed by atoms with Gasteiger partial charge in [0.25, 0.3) is 0 Å². The largest absolute Gasteiger partial charge is 0.422 e. The van der Waals surface area contributed by atoms with Crippen molar-refractivity contribution in [1.29, 1.82) is 0 Å². The van der Waals surface area contributed by atoms with Crippen molar-refractivity contribution in [2.75, 3.05) is 0 Å². The lowest BCUT2D eigenvalue weighted by Crippen LogP contribution is -2.13. The third-order valence-corrected chi connectivity index (χ3v) is 2.41. The quantitative estimate of drug-likeness (QED) is 0.605. The van der Waals surface area contributed by atoms with Gasteiger partial charge in [0.1, 0.15) is 11.4 Å². The molecule has 0 radical (unpaired) electrons. The predicted octanol–water partition coefficient (Wildman–Crippen LogP) is 3.10. The van der Waals surface area contributed by atoms with E-state index in [0.717, 1.165) is 6.07 Å². The number of aromatic amines is 1. The SMILES string of the molecule is OCc1cc2c(F)c(C(F)(F)F)c(F)c(F)c2[nH]1. The number of hydrogen-bond donors (Lipinski definition) is 2. The van der Waals surface area contributed by atoms with Crippen LogP contribution in [0.15, 0.2) is 6.07 Å². The standard InChI is InChI=1S/C10H5F6NO/c11-6-4-1-3(2-18)17-9(4)8(13)7(12)5(6)10(14,15)16/h1,17-18H,2H2. The molecule has 2 N–H and O–H groups in total. The Bertz CT molecular complexity index is 615. The van der Waals surface area contributed by atoms with Crippen molar-refractivity contribution in [1.82, 2.24) is 4.98 Å². The molecule has 0 amide bonds. The highest BCUT2D eigenvalue weighted by molar-refractivity contribution is 5.83. The van der Waals surface area contributed by atoms with Gasteiger partial charge in [0.15, 0.2) is 11.6 Å². The summed E-state index contributed by atoms with van der Waals surface area (Å²) in [7, 11) is 0. The van der Waals surface area contributed by atoms with Crippen molar-refractivity contribution in [3.05, 3.63) is 34.8 Å². The smallest absolute Gasteiger partial charge is 0.390 e. The topological polar surface area (TPSA) is 36.0 Å². The van der Waals surface area contributed by atoms with E-state index in [0.29, 0.717) is 0 Å². The maximum atomic E-state index is 13.5. The lowest BCUT2D eigenvalue weighted by atomic mass is 10.1. The first kappa shape index (κ1) is 12.7. The molecular weight excluding hydrogens is 264 g/mol. The van der Waals surface area contributed by atoms with Crippen LogP contribution in [0, 0.1) is 17.5 Å². The molecule has 2 aromatic rings. The number of benzene rings is 1. The third kappa shape index (κ3) is 1.72. The van der Waals surface area contributed by atoms with Gasteiger partial charge in [-0.3, -0.25) is 0 Å². The summed E-state index contributed by atoms with van der Waals surface area (Å²) in [4.78, 5) is 2.10. The summed E-state index contributed by atoms with van der Waals surface area (Å²) in [5, 5.41) is 7.97. The Labute approximate surface area is 95.8 Å². The number of aliphatic hydroxyl groups excluding tert-OH is 1. The van der Waals surface area contributed by atoms with Crippen molar-refractivity contribution in [3.63, 3.8) is 0 Å². The summed E-state index contributed by atoms with van der Waals surface area (Å²) in [6.45, 7) is -0.670. The van der Waals surface area contributed by atoms with Crippen LogP contribution in [-0.2, 0) is 12.8 Å². The number of fused-ring (bicyclic) bond motifs is 1. The van der Waals surface area contributed by atoms with E-state index in [1.165, 1.54) is 0 Å². The molecule has 2 rings (SSSR count). The number of alkyl halides is 3. The predicted molar refractivity (Wildman–Crippen MR) is 49.1 cm³/mol. The first-order chi connectivity index (χ1) is 8.27. The van der Waals surface area contributed by atoms with E-state index in [-0.39, 0.29) is 5.69 Å². The van der Waals surface area contributed by atoms with Gasteiger partial charge in [-0.25, -0.2) is 13.2 Å². The molecule has 0 aliphatic rings. The first-order valence-electron chi connectivity index (χ1n) is 4.63. The Hall–Kier alpha value is -1.70. The zero-order valence-electron chi connectivity index (χ0n) is 8.50. The van der Waals surface area contributed by atoms with Gasteiger partial charge in [-0.05, 0) is 6.07 Å². The van der Waals surface area contributed by atoms with Crippen LogP contribution < -0.4 is 0 Å².